The molecule has 2 aromatic rings. The molecule has 2 aromatic heterocycles. The van der Waals surface area contributed by atoms with Crippen LogP contribution in [0.5, 0.6) is 5.88 Å². The van der Waals surface area contributed by atoms with E-state index in [0.717, 1.165) is 42.1 Å². The number of aromatic nitrogens is 2. The van der Waals surface area contributed by atoms with Gasteiger partial charge in [0.1, 0.15) is 0 Å². The molecule has 0 bridgehead atoms. The fraction of sp³-hybridized carbons (Fsp3) is 0.556. The summed E-state index contributed by atoms with van der Waals surface area (Å²) >= 11 is 0. The summed E-state index contributed by atoms with van der Waals surface area (Å²) in [5, 5.41) is 0. The van der Waals surface area contributed by atoms with Gasteiger partial charge < -0.3 is 9.47 Å². The molecule has 0 amide bonds. The molecule has 0 saturated heterocycles. The third kappa shape index (κ3) is 5.17. The van der Waals surface area contributed by atoms with E-state index in [-0.39, 0.29) is 6.10 Å². The largest absolute Gasteiger partial charge is 0.474 e. The number of pyridine rings is 2. The Balaban J connectivity index is 2.05. The third-order valence-electron chi connectivity index (χ3n) is 6.17. The van der Waals surface area contributed by atoms with Crippen LogP contribution in [-0.4, -0.2) is 29.8 Å². The Hall–Kier alpha value is -2.20. The highest BCUT2D eigenvalue weighted by atomic mass is 16.5. The summed E-state index contributed by atoms with van der Waals surface area (Å²) in [6.45, 7) is 15.8. The molecule has 4 nitrogen and oxygen atoms in total. The quantitative estimate of drug-likeness (QED) is 0.480. The van der Waals surface area contributed by atoms with E-state index in [4.69, 9.17) is 19.4 Å². The van der Waals surface area contributed by atoms with Crippen LogP contribution >= 0.6 is 0 Å². The van der Waals surface area contributed by atoms with Gasteiger partial charge in [-0.05, 0) is 80.7 Å². The fourth-order valence-electron chi connectivity index (χ4n) is 4.48. The number of ether oxygens (including phenoxy) is 2. The Labute approximate surface area is 188 Å². The Bertz CT molecular complexity index is 946. The van der Waals surface area contributed by atoms with Crippen molar-refractivity contribution in [1.82, 2.24) is 9.97 Å². The van der Waals surface area contributed by atoms with Crippen LogP contribution in [0.4, 0.5) is 0 Å². The molecule has 2 atom stereocenters. The molecule has 31 heavy (non-hydrogen) atoms. The second-order valence-corrected chi connectivity index (χ2v) is 9.41. The number of hydrogen-bond donors (Lipinski definition) is 0. The summed E-state index contributed by atoms with van der Waals surface area (Å²) in [7, 11) is 1.80. The lowest BCUT2D eigenvalue weighted by atomic mass is 9.79. The highest BCUT2D eigenvalue weighted by molar-refractivity contribution is 5.74. The molecule has 0 saturated carbocycles. The van der Waals surface area contributed by atoms with Gasteiger partial charge in [-0.2, -0.15) is 0 Å². The van der Waals surface area contributed by atoms with E-state index in [2.05, 4.69) is 58.9 Å². The van der Waals surface area contributed by atoms with E-state index >= 15 is 0 Å². The van der Waals surface area contributed by atoms with Crippen LogP contribution in [0.15, 0.2) is 24.3 Å². The van der Waals surface area contributed by atoms with E-state index in [9.17, 15) is 0 Å². The fourth-order valence-corrected chi connectivity index (χ4v) is 4.48. The molecule has 1 aliphatic rings. The molecule has 2 heterocycles. The summed E-state index contributed by atoms with van der Waals surface area (Å²) in [4.78, 5) is 9.99. The van der Waals surface area contributed by atoms with E-state index in [0.29, 0.717) is 23.6 Å². The van der Waals surface area contributed by atoms with Crippen molar-refractivity contribution in [2.24, 2.45) is 11.8 Å². The smallest absolute Gasteiger partial charge is 0.223 e. The van der Waals surface area contributed by atoms with Gasteiger partial charge in [-0.25, -0.2) is 9.97 Å². The van der Waals surface area contributed by atoms with Crippen LogP contribution in [0.1, 0.15) is 76.4 Å². The summed E-state index contributed by atoms with van der Waals surface area (Å²) < 4.78 is 11.6. The van der Waals surface area contributed by atoms with Crippen molar-refractivity contribution < 1.29 is 9.47 Å². The first-order valence-corrected chi connectivity index (χ1v) is 11.6. The maximum atomic E-state index is 6.13. The molecular formula is C27H38N2O2. The Morgan fingerprint density at radius 3 is 2.42 bits per heavy atom. The normalized spacial score (nSPS) is 17.0. The average molecular weight is 423 g/mol. The second kappa shape index (κ2) is 9.95. The zero-order chi connectivity index (χ0) is 22.7. The Kier molecular flexibility index (Phi) is 7.53. The van der Waals surface area contributed by atoms with Crippen LogP contribution in [0.2, 0.25) is 0 Å². The lowest BCUT2D eigenvalue weighted by Gasteiger charge is -2.29. The van der Waals surface area contributed by atoms with Crippen molar-refractivity contribution in [3.05, 3.63) is 46.8 Å². The van der Waals surface area contributed by atoms with Crippen LogP contribution < -0.4 is 4.74 Å². The molecule has 0 aromatic carbocycles. The SMILES string of the molecule is CC[C@H](COC)C1C=C(C)c2nc(-c3ccc(C(C)C)nc3OC(C)C)c(C)cc2C1. The molecular weight excluding hydrogens is 384 g/mol. The minimum Gasteiger partial charge on any atom is -0.474 e. The van der Waals surface area contributed by atoms with Crippen LogP contribution in [0.25, 0.3) is 16.8 Å². The minimum atomic E-state index is 0.0562. The number of aryl methyl sites for hydroxylation is 1. The molecule has 168 valence electrons. The number of hydrogen-bond acceptors (Lipinski definition) is 4. The first-order chi connectivity index (χ1) is 14.7. The maximum Gasteiger partial charge on any atom is 0.223 e. The second-order valence-electron chi connectivity index (χ2n) is 9.41. The monoisotopic (exact) mass is 422 g/mol. The van der Waals surface area contributed by atoms with Crippen molar-refractivity contribution in [1.29, 1.82) is 0 Å². The standard InChI is InChI=1S/C27H38N2O2/c1-9-20(15-30-8)21-12-18(6)25-22(14-21)13-19(7)26(29-25)23-10-11-24(16(2)3)28-27(23)31-17(4)5/h10-13,16-17,20-21H,9,14-15H2,1-8H3/t20-,21?/m1/s1. The zero-order valence-corrected chi connectivity index (χ0v) is 20.5. The molecule has 0 aliphatic heterocycles. The van der Waals surface area contributed by atoms with E-state index in [1.54, 1.807) is 7.11 Å². The molecule has 1 aliphatic carbocycles. The number of fused-ring (bicyclic) bond motifs is 1. The van der Waals surface area contributed by atoms with Gasteiger partial charge in [0.05, 0.1) is 23.1 Å². The van der Waals surface area contributed by atoms with Crippen LogP contribution in [0.3, 0.4) is 0 Å². The maximum absolute atomic E-state index is 6.13. The molecule has 4 heteroatoms. The predicted octanol–water partition coefficient (Wildman–Crippen LogP) is 6.61. The summed E-state index contributed by atoms with van der Waals surface area (Å²) in [6, 6.07) is 6.54. The van der Waals surface area contributed by atoms with E-state index in [1.807, 2.05) is 13.8 Å². The van der Waals surface area contributed by atoms with Gasteiger partial charge >= 0.3 is 0 Å². The number of rotatable bonds is 8. The molecule has 0 radical (unpaired) electrons. The summed E-state index contributed by atoms with van der Waals surface area (Å²) in [6.07, 6.45) is 4.59. The predicted molar refractivity (Wildman–Crippen MR) is 129 cm³/mol. The molecule has 3 rings (SSSR count). The highest BCUT2D eigenvalue weighted by Crippen LogP contribution is 2.38. The number of methoxy groups -OCH3 is 1. The van der Waals surface area contributed by atoms with Crippen LogP contribution in [-0.2, 0) is 11.2 Å². The van der Waals surface area contributed by atoms with E-state index < -0.39 is 0 Å². The van der Waals surface area contributed by atoms with Crippen molar-refractivity contribution in [2.45, 2.75) is 73.3 Å². The van der Waals surface area contributed by atoms with Gasteiger partial charge in [-0.15, -0.1) is 0 Å². The van der Waals surface area contributed by atoms with E-state index in [1.165, 1.54) is 16.7 Å². The molecule has 0 fully saturated rings. The highest BCUT2D eigenvalue weighted by Gasteiger charge is 2.26. The lowest BCUT2D eigenvalue weighted by molar-refractivity contribution is 0.129. The topological polar surface area (TPSA) is 44.2 Å². The summed E-state index contributed by atoms with van der Waals surface area (Å²) in [5.41, 5.74) is 7.83. The average Bonchev–Trinajstić information content (AvgIpc) is 2.71. The van der Waals surface area contributed by atoms with Crippen molar-refractivity contribution in [3.63, 3.8) is 0 Å². The Morgan fingerprint density at radius 2 is 1.81 bits per heavy atom. The lowest BCUT2D eigenvalue weighted by Crippen LogP contribution is -2.23. The molecule has 0 spiro atoms. The number of allylic oxidation sites excluding steroid dienone is 2. The van der Waals surface area contributed by atoms with Gasteiger partial charge in [0.25, 0.3) is 0 Å². The first-order valence-electron chi connectivity index (χ1n) is 11.6. The van der Waals surface area contributed by atoms with Gasteiger partial charge in [0.15, 0.2) is 0 Å². The van der Waals surface area contributed by atoms with Crippen LogP contribution in [0, 0.1) is 18.8 Å². The van der Waals surface area contributed by atoms with Crippen molar-refractivity contribution in [2.75, 3.05) is 13.7 Å². The molecule has 1 unspecified atom stereocenters. The van der Waals surface area contributed by atoms with Crippen molar-refractivity contribution >= 4 is 5.57 Å². The first kappa shape index (κ1) is 23.5. The zero-order valence-electron chi connectivity index (χ0n) is 20.5. The van der Waals surface area contributed by atoms with Gasteiger partial charge in [0.2, 0.25) is 5.88 Å². The van der Waals surface area contributed by atoms with Gasteiger partial charge in [-0.3, -0.25) is 0 Å². The minimum absolute atomic E-state index is 0.0562. The van der Waals surface area contributed by atoms with Gasteiger partial charge in [-0.1, -0.05) is 39.3 Å². The summed E-state index contributed by atoms with van der Waals surface area (Å²) in [5.74, 6) is 2.06. The third-order valence-corrected chi connectivity index (χ3v) is 6.17. The Morgan fingerprint density at radius 1 is 1.06 bits per heavy atom. The van der Waals surface area contributed by atoms with Gasteiger partial charge in [0, 0.05) is 19.4 Å². The molecule has 0 N–H and O–H groups in total. The van der Waals surface area contributed by atoms with Crippen molar-refractivity contribution in [3.8, 4) is 17.1 Å². The number of nitrogens with zero attached hydrogens (tertiary/aromatic N) is 2.